The maximum atomic E-state index is 8.96. The van der Waals surface area contributed by atoms with Crippen LogP contribution in [-0.4, -0.2) is 16.7 Å². The van der Waals surface area contributed by atoms with Gasteiger partial charge in [0.2, 0.25) is 0 Å². The molecule has 4 nitrogen and oxygen atoms in total. The van der Waals surface area contributed by atoms with Crippen LogP contribution in [0.15, 0.2) is 10.8 Å². The zero-order chi connectivity index (χ0) is 9.10. The molecule has 13 heavy (non-hydrogen) atoms. The third-order valence-corrected chi connectivity index (χ3v) is 2.29. The SMILES string of the molecule is OCc1ncoc1C1CCCCO1. The normalized spacial score (nSPS) is 23.3. The Hall–Kier alpha value is -0.870. The molecule has 1 aromatic rings. The molecule has 0 saturated carbocycles. The fourth-order valence-corrected chi connectivity index (χ4v) is 1.61. The summed E-state index contributed by atoms with van der Waals surface area (Å²) in [5.41, 5.74) is 0.604. The van der Waals surface area contributed by atoms with Crippen LogP contribution in [0.3, 0.4) is 0 Å². The van der Waals surface area contributed by atoms with Crippen LogP contribution >= 0.6 is 0 Å². The number of nitrogens with zero attached hydrogens (tertiary/aromatic N) is 1. The van der Waals surface area contributed by atoms with Crippen molar-refractivity contribution < 1.29 is 14.3 Å². The van der Waals surface area contributed by atoms with Gasteiger partial charge in [0.15, 0.2) is 12.2 Å². The van der Waals surface area contributed by atoms with Gasteiger partial charge in [-0.2, -0.15) is 0 Å². The summed E-state index contributed by atoms with van der Waals surface area (Å²) in [7, 11) is 0. The Balaban J connectivity index is 2.13. The first-order valence-corrected chi connectivity index (χ1v) is 4.56. The van der Waals surface area contributed by atoms with Gasteiger partial charge in [-0.15, -0.1) is 0 Å². The van der Waals surface area contributed by atoms with E-state index in [0.717, 1.165) is 25.9 Å². The van der Waals surface area contributed by atoms with E-state index in [9.17, 15) is 0 Å². The highest BCUT2D eigenvalue weighted by atomic mass is 16.5. The lowest BCUT2D eigenvalue weighted by Gasteiger charge is -2.20. The summed E-state index contributed by atoms with van der Waals surface area (Å²) >= 11 is 0. The maximum absolute atomic E-state index is 8.96. The summed E-state index contributed by atoms with van der Waals surface area (Å²) in [4.78, 5) is 3.91. The van der Waals surface area contributed by atoms with Crippen LogP contribution in [0, 0.1) is 0 Å². The van der Waals surface area contributed by atoms with Crippen molar-refractivity contribution in [2.75, 3.05) is 6.61 Å². The van der Waals surface area contributed by atoms with E-state index in [1.807, 2.05) is 0 Å². The fourth-order valence-electron chi connectivity index (χ4n) is 1.61. The molecule has 0 amide bonds. The quantitative estimate of drug-likeness (QED) is 0.753. The monoisotopic (exact) mass is 183 g/mol. The number of hydrogen-bond donors (Lipinski definition) is 1. The van der Waals surface area contributed by atoms with Crippen molar-refractivity contribution in [2.45, 2.75) is 32.0 Å². The Bertz CT molecular complexity index is 266. The van der Waals surface area contributed by atoms with E-state index < -0.39 is 0 Å². The van der Waals surface area contributed by atoms with E-state index in [-0.39, 0.29) is 12.7 Å². The van der Waals surface area contributed by atoms with E-state index in [1.54, 1.807) is 0 Å². The second-order valence-corrected chi connectivity index (χ2v) is 3.18. The lowest BCUT2D eigenvalue weighted by molar-refractivity contribution is 0.000434. The minimum Gasteiger partial charge on any atom is -0.445 e. The molecule has 0 radical (unpaired) electrons. The van der Waals surface area contributed by atoms with Crippen LogP contribution in [-0.2, 0) is 11.3 Å². The Morgan fingerprint density at radius 3 is 3.15 bits per heavy atom. The molecule has 1 fully saturated rings. The molecule has 1 atom stereocenters. The Morgan fingerprint density at radius 1 is 1.54 bits per heavy atom. The van der Waals surface area contributed by atoms with Crippen LogP contribution in [0.1, 0.15) is 36.8 Å². The van der Waals surface area contributed by atoms with E-state index in [4.69, 9.17) is 14.3 Å². The molecule has 1 aliphatic heterocycles. The second-order valence-electron chi connectivity index (χ2n) is 3.18. The summed E-state index contributed by atoms with van der Waals surface area (Å²) in [5, 5.41) is 8.96. The van der Waals surface area contributed by atoms with E-state index in [0.29, 0.717) is 11.5 Å². The lowest BCUT2D eigenvalue weighted by atomic mass is 10.1. The Morgan fingerprint density at radius 2 is 2.46 bits per heavy atom. The number of aliphatic hydroxyl groups excluding tert-OH is 1. The molecule has 72 valence electrons. The van der Waals surface area contributed by atoms with Crippen LogP contribution < -0.4 is 0 Å². The van der Waals surface area contributed by atoms with Gasteiger partial charge in [-0.3, -0.25) is 0 Å². The molecule has 1 N–H and O–H groups in total. The van der Waals surface area contributed by atoms with Gasteiger partial charge in [0.05, 0.1) is 6.61 Å². The summed E-state index contributed by atoms with van der Waals surface area (Å²) in [6, 6.07) is 0. The van der Waals surface area contributed by atoms with Crippen molar-refractivity contribution in [3.05, 3.63) is 17.8 Å². The third kappa shape index (κ3) is 1.73. The predicted molar refractivity (Wildman–Crippen MR) is 45.0 cm³/mol. The fraction of sp³-hybridized carbons (Fsp3) is 0.667. The summed E-state index contributed by atoms with van der Waals surface area (Å²) in [6.45, 7) is 0.696. The van der Waals surface area contributed by atoms with Crippen molar-refractivity contribution in [1.29, 1.82) is 0 Å². The number of aliphatic hydroxyl groups is 1. The van der Waals surface area contributed by atoms with Gasteiger partial charge in [0.1, 0.15) is 11.8 Å². The maximum Gasteiger partial charge on any atom is 0.181 e. The van der Waals surface area contributed by atoms with Crippen LogP contribution in [0.5, 0.6) is 0 Å². The minimum atomic E-state index is -0.0777. The van der Waals surface area contributed by atoms with Crippen molar-refractivity contribution in [1.82, 2.24) is 4.98 Å². The highest BCUT2D eigenvalue weighted by Gasteiger charge is 2.22. The smallest absolute Gasteiger partial charge is 0.181 e. The topological polar surface area (TPSA) is 55.5 Å². The second kappa shape index (κ2) is 3.89. The molecule has 0 spiro atoms. The standard InChI is InChI=1S/C9H13NO3/c11-5-7-9(13-6-10-7)8-3-1-2-4-12-8/h6,8,11H,1-5H2. The molecule has 2 heterocycles. The van der Waals surface area contributed by atoms with Gasteiger partial charge in [-0.25, -0.2) is 4.98 Å². The zero-order valence-corrected chi connectivity index (χ0v) is 7.40. The number of aromatic nitrogens is 1. The van der Waals surface area contributed by atoms with E-state index in [2.05, 4.69) is 4.98 Å². The molecule has 1 unspecified atom stereocenters. The average Bonchev–Trinajstić information content (AvgIpc) is 2.67. The Labute approximate surface area is 76.5 Å². The van der Waals surface area contributed by atoms with Crippen molar-refractivity contribution in [3.63, 3.8) is 0 Å². The molecular weight excluding hydrogens is 170 g/mol. The van der Waals surface area contributed by atoms with Crippen molar-refractivity contribution in [3.8, 4) is 0 Å². The first-order chi connectivity index (χ1) is 6.42. The predicted octanol–water partition coefficient (Wildman–Crippen LogP) is 1.41. The van der Waals surface area contributed by atoms with Gasteiger partial charge in [0, 0.05) is 6.61 Å². The van der Waals surface area contributed by atoms with Crippen molar-refractivity contribution >= 4 is 0 Å². The molecule has 0 aliphatic carbocycles. The van der Waals surface area contributed by atoms with Gasteiger partial charge < -0.3 is 14.3 Å². The highest BCUT2D eigenvalue weighted by molar-refractivity contribution is 5.09. The van der Waals surface area contributed by atoms with Crippen LogP contribution in [0.2, 0.25) is 0 Å². The molecule has 1 aliphatic rings. The summed E-state index contributed by atoms with van der Waals surface area (Å²) < 4.78 is 10.7. The number of rotatable bonds is 2. The molecular formula is C9H13NO3. The zero-order valence-electron chi connectivity index (χ0n) is 7.40. The minimum absolute atomic E-state index is 0.00148. The van der Waals surface area contributed by atoms with Crippen molar-refractivity contribution in [2.24, 2.45) is 0 Å². The third-order valence-electron chi connectivity index (χ3n) is 2.29. The lowest BCUT2D eigenvalue weighted by Crippen LogP contribution is -2.12. The number of oxazole rings is 1. The largest absolute Gasteiger partial charge is 0.445 e. The van der Waals surface area contributed by atoms with Gasteiger partial charge in [-0.05, 0) is 19.3 Å². The van der Waals surface area contributed by atoms with Crippen LogP contribution in [0.4, 0.5) is 0 Å². The molecule has 4 heteroatoms. The van der Waals surface area contributed by atoms with Gasteiger partial charge in [0.25, 0.3) is 0 Å². The molecule has 0 bridgehead atoms. The molecule has 0 aromatic carbocycles. The number of ether oxygens (including phenoxy) is 1. The van der Waals surface area contributed by atoms with Crippen LogP contribution in [0.25, 0.3) is 0 Å². The first-order valence-electron chi connectivity index (χ1n) is 4.56. The van der Waals surface area contributed by atoms with Gasteiger partial charge in [-0.1, -0.05) is 0 Å². The Kier molecular flexibility index (Phi) is 2.61. The number of hydrogen-bond acceptors (Lipinski definition) is 4. The van der Waals surface area contributed by atoms with E-state index >= 15 is 0 Å². The summed E-state index contributed by atoms with van der Waals surface area (Å²) in [5.74, 6) is 0.696. The first kappa shape index (κ1) is 8.72. The van der Waals surface area contributed by atoms with Gasteiger partial charge >= 0.3 is 0 Å². The molecule has 2 rings (SSSR count). The summed E-state index contributed by atoms with van der Waals surface area (Å²) in [6.07, 6.45) is 4.58. The highest BCUT2D eigenvalue weighted by Crippen LogP contribution is 2.29. The average molecular weight is 183 g/mol. The molecule has 1 saturated heterocycles. The van der Waals surface area contributed by atoms with E-state index in [1.165, 1.54) is 6.39 Å². The molecule has 1 aromatic heterocycles.